The summed E-state index contributed by atoms with van der Waals surface area (Å²) in [7, 11) is 0. The van der Waals surface area contributed by atoms with E-state index < -0.39 is 0 Å². The molecule has 0 aliphatic rings. The molecule has 0 aliphatic carbocycles. The van der Waals surface area contributed by atoms with E-state index in [9.17, 15) is 5.11 Å². The van der Waals surface area contributed by atoms with Crippen LogP contribution in [0.5, 0.6) is 0 Å². The number of benzene rings is 2. The topological polar surface area (TPSA) is 20.2 Å². The maximum absolute atomic E-state index is 10.1. The smallest absolute Gasteiger partial charge is 0.0690 e. The average molecular weight is 310 g/mol. The highest BCUT2D eigenvalue weighted by Gasteiger charge is 2.21. The van der Waals surface area contributed by atoms with Gasteiger partial charge < -0.3 is 5.11 Å². The molecule has 0 fully saturated rings. The molecule has 1 nitrogen and oxygen atoms in total. The van der Waals surface area contributed by atoms with Crippen LogP contribution in [-0.2, 0) is 13.0 Å². The van der Waals surface area contributed by atoms with Crippen molar-refractivity contribution in [1.29, 1.82) is 0 Å². The largest absolute Gasteiger partial charge is 0.392 e. The van der Waals surface area contributed by atoms with Crippen LogP contribution in [0, 0.1) is 0 Å². The lowest BCUT2D eigenvalue weighted by Gasteiger charge is -2.25. The average Bonchev–Trinajstić information content (AvgIpc) is 2.54. The van der Waals surface area contributed by atoms with Crippen molar-refractivity contribution in [2.24, 2.45) is 0 Å². The molecule has 1 N–H and O–H groups in total. The second-order valence-corrected chi connectivity index (χ2v) is 6.97. The molecule has 0 spiro atoms. The molecule has 2 rings (SSSR count). The van der Waals surface area contributed by atoms with Crippen LogP contribution < -0.4 is 0 Å². The SMILES string of the molecule is CCCc1c(C(C)C)cc(C(C)C)c(CO)c1-c1ccccc1. The molecule has 1 heteroatoms. The molecule has 0 radical (unpaired) electrons. The van der Waals surface area contributed by atoms with E-state index in [0.717, 1.165) is 18.4 Å². The summed E-state index contributed by atoms with van der Waals surface area (Å²) in [6.07, 6.45) is 2.18. The van der Waals surface area contributed by atoms with Gasteiger partial charge in [-0.1, -0.05) is 77.4 Å². The zero-order valence-electron chi connectivity index (χ0n) is 15.2. The summed E-state index contributed by atoms with van der Waals surface area (Å²) in [5, 5.41) is 10.1. The molecular weight excluding hydrogens is 280 g/mol. The zero-order chi connectivity index (χ0) is 17.0. The van der Waals surface area contributed by atoms with Gasteiger partial charge in [0.2, 0.25) is 0 Å². The quantitative estimate of drug-likeness (QED) is 0.689. The van der Waals surface area contributed by atoms with Crippen LogP contribution in [0.1, 0.15) is 75.1 Å². The molecule has 124 valence electrons. The number of aliphatic hydroxyl groups is 1. The van der Waals surface area contributed by atoms with E-state index in [1.807, 2.05) is 0 Å². The van der Waals surface area contributed by atoms with E-state index >= 15 is 0 Å². The van der Waals surface area contributed by atoms with Gasteiger partial charge in [-0.15, -0.1) is 0 Å². The van der Waals surface area contributed by atoms with E-state index in [-0.39, 0.29) is 6.61 Å². The van der Waals surface area contributed by atoms with Gasteiger partial charge in [0.1, 0.15) is 0 Å². The lowest BCUT2D eigenvalue weighted by Crippen LogP contribution is -2.08. The van der Waals surface area contributed by atoms with Crippen LogP contribution in [0.3, 0.4) is 0 Å². The lowest BCUT2D eigenvalue weighted by molar-refractivity contribution is 0.280. The lowest BCUT2D eigenvalue weighted by atomic mass is 9.80. The van der Waals surface area contributed by atoms with Gasteiger partial charge in [0.15, 0.2) is 0 Å². The van der Waals surface area contributed by atoms with Gasteiger partial charge in [-0.2, -0.15) is 0 Å². The standard InChI is InChI=1S/C22H30O/c1-6-10-18-19(15(2)3)13-20(16(4)5)21(14-23)22(18)17-11-8-7-9-12-17/h7-9,11-13,15-16,23H,6,10,14H2,1-5H3. The van der Waals surface area contributed by atoms with Crippen LogP contribution in [0.4, 0.5) is 0 Å². The Kier molecular flexibility index (Phi) is 6.01. The Morgan fingerprint density at radius 3 is 1.91 bits per heavy atom. The fraction of sp³-hybridized carbons (Fsp3) is 0.455. The summed E-state index contributed by atoms with van der Waals surface area (Å²) in [5.41, 5.74) is 7.75. The Morgan fingerprint density at radius 2 is 1.43 bits per heavy atom. The van der Waals surface area contributed by atoms with E-state index in [1.54, 1.807) is 0 Å². The molecule has 0 aliphatic heterocycles. The number of rotatable bonds is 6. The Bertz CT molecular complexity index is 639. The highest BCUT2D eigenvalue weighted by Crippen LogP contribution is 2.39. The highest BCUT2D eigenvalue weighted by atomic mass is 16.3. The van der Waals surface area contributed by atoms with Gasteiger partial charge in [0.25, 0.3) is 0 Å². The second-order valence-electron chi connectivity index (χ2n) is 6.97. The van der Waals surface area contributed by atoms with E-state index in [2.05, 4.69) is 71.0 Å². The van der Waals surface area contributed by atoms with Gasteiger partial charge in [-0.3, -0.25) is 0 Å². The van der Waals surface area contributed by atoms with Crippen LogP contribution >= 0.6 is 0 Å². The summed E-state index contributed by atoms with van der Waals surface area (Å²) in [6, 6.07) is 12.9. The molecule has 0 unspecified atom stereocenters. The van der Waals surface area contributed by atoms with Gasteiger partial charge in [0, 0.05) is 0 Å². The number of aliphatic hydroxyl groups excluding tert-OH is 1. The van der Waals surface area contributed by atoms with Crippen molar-refractivity contribution < 1.29 is 5.11 Å². The first-order chi connectivity index (χ1) is 11.0. The molecule has 0 saturated heterocycles. The molecule has 0 aromatic heterocycles. The normalized spacial score (nSPS) is 11.5. The van der Waals surface area contributed by atoms with E-state index in [4.69, 9.17) is 0 Å². The van der Waals surface area contributed by atoms with Crippen molar-refractivity contribution in [2.45, 2.75) is 65.9 Å². The predicted octanol–water partition coefficient (Wildman–Crippen LogP) is 6.05. The minimum Gasteiger partial charge on any atom is -0.392 e. The number of hydrogen-bond acceptors (Lipinski definition) is 1. The maximum Gasteiger partial charge on any atom is 0.0690 e. The fourth-order valence-electron chi connectivity index (χ4n) is 3.49. The van der Waals surface area contributed by atoms with Gasteiger partial charge in [-0.25, -0.2) is 0 Å². The van der Waals surface area contributed by atoms with Crippen LogP contribution in [0.15, 0.2) is 36.4 Å². The summed E-state index contributed by atoms with van der Waals surface area (Å²) >= 11 is 0. The summed E-state index contributed by atoms with van der Waals surface area (Å²) in [6.45, 7) is 11.3. The minimum atomic E-state index is 0.104. The van der Waals surface area contributed by atoms with Crippen molar-refractivity contribution in [3.63, 3.8) is 0 Å². The molecular formula is C22H30O. The third kappa shape index (κ3) is 3.67. The van der Waals surface area contributed by atoms with Gasteiger partial charge in [-0.05, 0) is 51.6 Å². The monoisotopic (exact) mass is 310 g/mol. The molecule has 0 saturated carbocycles. The van der Waals surface area contributed by atoms with Gasteiger partial charge >= 0.3 is 0 Å². The maximum atomic E-state index is 10.1. The van der Waals surface area contributed by atoms with Crippen molar-refractivity contribution in [3.05, 3.63) is 58.7 Å². The van der Waals surface area contributed by atoms with Crippen LogP contribution in [0.25, 0.3) is 11.1 Å². The van der Waals surface area contributed by atoms with Crippen molar-refractivity contribution in [2.75, 3.05) is 0 Å². The van der Waals surface area contributed by atoms with Crippen LogP contribution in [-0.4, -0.2) is 5.11 Å². The molecule has 2 aromatic carbocycles. The Hall–Kier alpha value is -1.60. The van der Waals surface area contributed by atoms with E-state index in [1.165, 1.54) is 27.8 Å². The molecule has 0 heterocycles. The first-order valence-corrected chi connectivity index (χ1v) is 8.86. The van der Waals surface area contributed by atoms with Crippen molar-refractivity contribution in [3.8, 4) is 11.1 Å². The summed E-state index contributed by atoms with van der Waals surface area (Å²) in [5.74, 6) is 0.900. The zero-order valence-corrected chi connectivity index (χ0v) is 15.2. The minimum absolute atomic E-state index is 0.104. The van der Waals surface area contributed by atoms with E-state index in [0.29, 0.717) is 11.8 Å². The first kappa shape index (κ1) is 17.7. The highest BCUT2D eigenvalue weighted by molar-refractivity contribution is 5.74. The second kappa shape index (κ2) is 7.79. The van der Waals surface area contributed by atoms with Crippen LogP contribution in [0.2, 0.25) is 0 Å². The fourth-order valence-corrected chi connectivity index (χ4v) is 3.49. The molecule has 0 amide bonds. The van der Waals surface area contributed by atoms with Crippen molar-refractivity contribution in [1.82, 2.24) is 0 Å². The molecule has 2 aromatic rings. The Balaban J connectivity index is 2.87. The number of hydrogen-bond donors (Lipinski definition) is 1. The molecule has 0 atom stereocenters. The molecule has 0 bridgehead atoms. The van der Waals surface area contributed by atoms with Gasteiger partial charge in [0.05, 0.1) is 6.61 Å². The molecule has 23 heavy (non-hydrogen) atoms. The summed E-state index contributed by atoms with van der Waals surface area (Å²) in [4.78, 5) is 0. The third-order valence-corrected chi connectivity index (χ3v) is 4.58. The first-order valence-electron chi connectivity index (χ1n) is 8.86. The Morgan fingerprint density at radius 1 is 0.870 bits per heavy atom. The third-order valence-electron chi connectivity index (χ3n) is 4.58. The predicted molar refractivity (Wildman–Crippen MR) is 100.0 cm³/mol. The summed E-state index contributed by atoms with van der Waals surface area (Å²) < 4.78 is 0. The Labute approximate surface area is 141 Å². The van der Waals surface area contributed by atoms with Crippen molar-refractivity contribution >= 4 is 0 Å².